The first-order valence-corrected chi connectivity index (χ1v) is 6.24. The van der Waals surface area contributed by atoms with Gasteiger partial charge in [0.2, 0.25) is 0 Å². The second-order valence-corrected chi connectivity index (χ2v) is 4.42. The Morgan fingerprint density at radius 3 is 2.89 bits per heavy atom. The molecule has 7 heteroatoms. The minimum atomic E-state index is -0.484. The number of nitrogens with one attached hydrogen (secondary N) is 2. The second-order valence-electron chi connectivity index (χ2n) is 3.80. The molecule has 19 heavy (non-hydrogen) atoms. The highest BCUT2D eigenvalue weighted by atomic mass is 32.1. The number of hydrogen-bond donors (Lipinski definition) is 3. The molecular formula is C12H14N4O2S. The number of alkyl carbamates (subject to hydrolysis) is 1. The van der Waals surface area contributed by atoms with Crippen LogP contribution in [0.15, 0.2) is 36.9 Å². The first-order chi connectivity index (χ1) is 9.25. The van der Waals surface area contributed by atoms with E-state index in [4.69, 9.17) is 4.74 Å². The van der Waals surface area contributed by atoms with E-state index in [1.54, 1.807) is 24.8 Å². The lowest BCUT2D eigenvalue weighted by molar-refractivity contribution is 0.145. The third-order valence-electron chi connectivity index (χ3n) is 2.39. The molecule has 0 fully saturated rings. The summed E-state index contributed by atoms with van der Waals surface area (Å²) < 4.78 is 5.05. The van der Waals surface area contributed by atoms with Gasteiger partial charge in [-0.1, -0.05) is 0 Å². The van der Waals surface area contributed by atoms with Gasteiger partial charge in [-0.15, -0.1) is 0 Å². The largest absolute Gasteiger partial charge is 0.448 e. The van der Waals surface area contributed by atoms with E-state index in [0.717, 1.165) is 5.56 Å². The zero-order valence-electron chi connectivity index (χ0n) is 10.1. The van der Waals surface area contributed by atoms with Crippen LogP contribution in [0.4, 0.5) is 4.79 Å². The number of amides is 1. The zero-order chi connectivity index (χ0) is 13.5. The molecule has 0 aliphatic carbocycles. The Morgan fingerprint density at radius 2 is 2.21 bits per heavy atom. The number of H-pyrrole nitrogens is 1. The van der Waals surface area contributed by atoms with Gasteiger partial charge in [-0.05, 0) is 17.7 Å². The summed E-state index contributed by atoms with van der Waals surface area (Å²) in [4.78, 5) is 22.3. The standard InChI is InChI=1S/C12H14N4O2S/c17-12(16-7-9-1-3-13-4-2-9)18-8-10(19)11-14-5-6-15-11/h1-6,10,19H,7-8H2,(H,14,15)(H,16,17). The number of hydrogen-bond acceptors (Lipinski definition) is 5. The van der Waals surface area contributed by atoms with Gasteiger partial charge in [0.15, 0.2) is 0 Å². The molecule has 100 valence electrons. The zero-order valence-corrected chi connectivity index (χ0v) is 11.0. The fourth-order valence-electron chi connectivity index (χ4n) is 1.42. The predicted octanol–water partition coefficient (Wildman–Crippen LogP) is 1.70. The molecule has 6 nitrogen and oxygen atoms in total. The highest BCUT2D eigenvalue weighted by Crippen LogP contribution is 2.15. The van der Waals surface area contributed by atoms with Crippen LogP contribution in [0, 0.1) is 0 Å². The first kappa shape index (κ1) is 13.4. The van der Waals surface area contributed by atoms with Crippen LogP contribution in [0.25, 0.3) is 0 Å². The molecule has 1 unspecified atom stereocenters. The van der Waals surface area contributed by atoms with Gasteiger partial charge in [-0.2, -0.15) is 12.6 Å². The molecule has 0 saturated heterocycles. The van der Waals surface area contributed by atoms with Gasteiger partial charge in [0.1, 0.15) is 12.4 Å². The van der Waals surface area contributed by atoms with Gasteiger partial charge in [-0.25, -0.2) is 9.78 Å². The number of pyridine rings is 1. The first-order valence-electron chi connectivity index (χ1n) is 5.72. The summed E-state index contributed by atoms with van der Waals surface area (Å²) in [6.45, 7) is 0.554. The van der Waals surface area contributed by atoms with Crippen LogP contribution in [0.1, 0.15) is 16.6 Å². The SMILES string of the molecule is O=C(NCc1ccncc1)OCC(S)c1ncc[nH]1. The molecule has 1 atom stereocenters. The van der Waals surface area contributed by atoms with E-state index in [2.05, 4.69) is 32.9 Å². The third kappa shape index (κ3) is 4.29. The van der Waals surface area contributed by atoms with E-state index in [9.17, 15) is 4.79 Å². The molecule has 0 aliphatic rings. The third-order valence-corrected chi connectivity index (χ3v) is 2.79. The number of thiol groups is 1. The van der Waals surface area contributed by atoms with Crippen LogP contribution in [0.3, 0.4) is 0 Å². The smallest absolute Gasteiger partial charge is 0.407 e. The summed E-state index contributed by atoms with van der Waals surface area (Å²) in [5, 5.41) is 2.38. The maximum absolute atomic E-state index is 11.5. The van der Waals surface area contributed by atoms with Crippen molar-refractivity contribution in [2.75, 3.05) is 6.61 Å². The molecule has 0 aliphatic heterocycles. The number of ether oxygens (including phenoxy) is 1. The van der Waals surface area contributed by atoms with Crippen molar-refractivity contribution in [3.63, 3.8) is 0 Å². The second kappa shape index (κ2) is 6.79. The average molecular weight is 278 g/mol. The van der Waals surface area contributed by atoms with Gasteiger partial charge >= 0.3 is 6.09 Å². The van der Waals surface area contributed by atoms with Crippen LogP contribution in [0.5, 0.6) is 0 Å². The molecule has 0 spiro atoms. The van der Waals surface area contributed by atoms with Crippen LogP contribution in [-0.2, 0) is 11.3 Å². The Labute approximate surface area is 116 Å². The van der Waals surface area contributed by atoms with Crippen molar-refractivity contribution in [3.8, 4) is 0 Å². The highest BCUT2D eigenvalue weighted by Gasteiger charge is 2.11. The predicted molar refractivity (Wildman–Crippen MR) is 72.7 cm³/mol. The highest BCUT2D eigenvalue weighted by molar-refractivity contribution is 7.80. The normalized spacial score (nSPS) is 11.8. The van der Waals surface area contributed by atoms with Crippen LogP contribution >= 0.6 is 12.6 Å². The topological polar surface area (TPSA) is 79.9 Å². The minimum absolute atomic E-state index is 0.152. The average Bonchev–Trinajstić information content (AvgIpc) is 2.98. The van der Waals surface area contributed by atoms with Gasteiger partial charge in [0.25, 0.3) is 0 Å². The van der Waals surface area contributed by atoms with Gasteiger partial charge < -0.3 is 15.0 Å². The molecule has 0 saturated carbocycles. The summed E-state index contributed by atoms with van der Waals surface area (Å²) in [5.74, 6) is 0.672. The lowest BCUT2D eigenvalue weighted by atomic mass is 10.3. The Morgan fingerprint density at radius 1 is 1.42 bits per heavy atom. The lowest BCUT2D eigenvalue weighted by Crippen LogP contribution is -2.25. The van der Waals surface area contributed by atoms with Crippen molar-refractivity contribution in [2.45, 2.75) is 11.8 Å². The molecule has 1 amide bonds. The molecule has 0 bridgehead atoms. The minimum Gasteiger partial charge on any atom is -0.448 e. The Bertz CT molecular complexity index is 504. The molecule has 2 aromatic rings. The number of aromatic nitrogens is 3. The number of aromatic amines is 1. The Hall–Kier alpha value is -2.02. The number of carbonyl (C=O) groups is 1. The van der Waals surface area contributed by atoms with E-state index in [1.807, 2.05) is 12.1 Å². The van der Waals surface area contributed by atoms with Crippen molar-refractivity contribution in [1.82, 2.24) is 20.3 Å². The maximum Gasteiger partial charge on any atom is 0.407 e. The van der Waals surface area contributed by atoms with Gasteiger partial charge in [-0.3, -0.25) is 4.98 Å². The van der Waals surface area contributed by atoms with Gasteiger partial charge in [0.05, 0.1) is 5.25 Å². The molecule has 2 aromatic heterocycles. The van der Waals surface area contributed by atoms with E-state index >= 15 is 0 Å². The van der Waals surface area contributed by atoms with Crippen molar-refractivity contribution < 1.29 is 9.53 Å². The van der Waals surface area contributed by atoms with Gasteiger partial charge in [0, 0.05) is 31.3 Å². The molecular weight excluding hydrogens is 264 g/mol. The summed E-state index contributed by atoms with van der Waals surface area (Å²) in [6, 6.07) is 3.65. The molecule has 2 heterocycles. The molecule has 2 rings (SSSR count). The lowest BCUT2D eigenvalue weighted by Gasteiger charge is -2.10. The van der Waals surface area contributed by atoms with E-state index in [1.165, 1.54) is 0 Å². The number of carbonyl (C=O) groups excluding carboxylic acids is 1. The van der Waals surface area contributed by atoms with Crippen molar-refractivity contribution >= 4 is 18.7 Å². The summed E-state index contributed by atoms with van der Waals surface area (Å²) in [7, 11) is 0. The summed E-state index contributed by atoms with van der Waals surface area (Å²) in [5.41, 5.74) is 0.959. The van der Waals surface area contributed by atoms with Crippen LogP contribution in [0.2, 0.25) is 0 Å². The summed E-state index contributed by atoms with van der Waals surface area (Å²) >= 11 is 4.29. The quantitative estimate of drug-likeness (QED) is 0.727. The molecule has 2 N–H and O–H groups in total. The fourth-order valence-corrected chi connectivity index (χ4v) is 1.63. The number of rotatable bonds is 5. The van der Waals surface area contributed by atoms with E-state index < -0.39 is 6.09 Å². The van der Waals surface area contributed by atoms with Crippen molar-refractivity contribution in [2.24, 2.45) is 0 Å². The van der Waals surface area contributed by atoms with Crippen molar-refractivity contribution in [1.29, 1.82) is 0 Å². The van der Waals surface area contributed by atoms with E-state index in [0.29, 0.717) is 12.4 Å². The fraction of sp³-hybridized carbons (Fsp3) is 0.250. The van der Waals surface area contributed by atoms with E-state index in [-0.39, 0.29) is 11.9 Å². The van der Waals surface area contributed by atoms with Crippen molar-refractivity contribution in [3.05, 3.63) is 48.3 Å². The molecule has 0 radical (unpaired) electrons. The Kier molecular flexibility index (Phi) is 4.79. The monoisotopic (exact) mass is 278 g/mol. The number of imidazole rings is 1. The van der Waals surface area contributed by atoms with Crippen LogP contribution < -0.4 is 5.32 Å². The summed E-state index contributed by atoms with van der Waals surface area (Å²) in [6.07, 6.45) is 6.18. The molecule has 0 aromatic carbocycles. The Balaban J connectivity index is 1.70. The van der Waals surface area contributed by atoms with Crippen LogP contribution in [-0.4, -0.2) is 27.7 Å². The maximum atomic E-state index is 11.5. The number of nitrogens with zero attached hydrogens (tertiary/aromatic N) is 2.